The van der Waals surface area contributed by atoms with Gasteiger partial charge in [0.2, 0.25) is 0 Å². The molecule has 0 N–H and O–H groups in total. The number of rotatable bonds is 5. The predicted molar refractivity (Wildman–Crippen MR) is 59.1 cm³/mol. The maximum absolute atomic E-state index is 5.59. The smallest absolute Gasteiger partial charge is 0.480 e. The van der Waals surface area contributed by atoms with E-state index in [0.717, 1.165) is 11.8 Å². The lowest BCUT2D eigenvalue weighted by atomic mass is 9.86. The summed E-state index contributed by atoms with van der Waals surface area (Å²) in [7, 11) is 0.628. The molecule has 2 rings (SSSR count). The monoisotopic (exact) mass is 210 g/mol. The second-order valence-corrected chi connectivity index (χ2v) is 5.78. The zero-order valence-electron chi connectivity index (χ0n) is 8.74. The Bertz CT molecular complexity index is 240. The van der Waals surface area contributed by atoms with Crippen LogP contribution in [0.3, 0.4) is 0 Å². The first-order chi connectivity index (χ1) is 6.88. The normalized spacial score (nSPS) is 23.6. The number of hydrogen-bond donors (Lipinski definition) is 0. The molecule has 2 aliphatic rings. The van der Waals surface area contributed by atoms with Gasteiger partial charge >= 0.3 is 8.90 Å². The first-order valence-electron chi connectivity index (χ1n) is 5.47. The van der Waals surface area contributed by atoms with E-state index in [9.17, 15) is 0 Å². The van der Waals surface area contributed by atoms with Crippen LogP contribution in [-0.2, 0) is 8.85 Å². The molecule has 0 radical (unpaired) electrons. The van der Waals surface area contributed by atoms with Crippen molar-refractivity contribution in [3.8, 4) is 0 Å². The molecule has 0 unspecified atom stereocenters. The highest BCUT2D eigenvalue weighted by Gasteiger charge is 2.21. The fraction of sp³-hybridized carbons (Fsp3) is 0.727. The van der Waals surface area contributed by atoms with Crippen LogP contribution in [-0.4, -0.2) is 21.7 Å². The molecule has 0 saturated heterocycles. The Balaban J connectivity index is 1.73. The highest BCUT2D eigenvalue weighted by atomic mass is 28.3. The topological polar surface area (TPSA) is 18.5 Å². The summed E-state index contributed by atoms with van der Waals surface area (Å²) >= 11 is 0. The van der Waals surface area contributed by atoms with Gasteiger partial charge in [-0.3, -0.25) is 0 Å². The molecule has 2 fully saturated rings. The van der Waals surface area contributed by atoms with E-state index in [4.69, 9.17) is 8.85 Å². The number of hydrogen-bond acceptors (Lipinski definition) is 2. The summed E-state index contributed by atoms with van der Waals surface area (Å²) in [6.07, 6.45) is 10.8. The zero-order chi connectivity index (χ0) is 9.80. The van der Waals surface area contributed by atoms with Crippen molar-refractivity contribution in [2.24, 2.45) is 11.8 Å². The van der Waals surface area contributed by atoms with E-state index in [1.165, 1.54) is 32.1 Å². The first-order valence-corrected chi connectivity index (χ1v) is 6.87. The number of allylic oxidation sites excluding steroid dienone is 1. The van der Waals surface area contributed by atoms with Crippen molar-refractivity contribution in [1.29, 1.82) is 0 Å². The Morgan fingerprint density at radius 2 is 1.93 bits per heavy atom. The molecule has 14 heavy (non-hydrogen) atoms. The van der Waals surface area contributed by atoms with Crippen LogP contribution in [0.15, 0.2) is 12.3 Å². The Morgan fingerprint density at radius 3 is 2.43 bits per heavy atom. The maximum atomic E-state index is 5.59. The third kappa shape index (κ3) is 2.98. The van der Waals surface area contributed by atoms with Gasteiger partial charge in [-0.2, -0.15) is 0 Å². The molecule has 0 amide bonds. The van der Waals surface area contributed by atoms with Crippen LogP contribution in [0.25, 0.3) is 0 Å². The lowest BCUT2D eigenvalue weighted by molar-refractivity contribution is 0.323. The standard InChI is InChI=1S/C11H18O2Si/c1-12-14(9-11-5-6-11)13-8-7-10-3-2-4-10/h7-11H,2-6H2,1H3. The van der Waals surface area contributed by atoms with Crippen molar-refractivity contribution in [2.45, 2.75) is 32.1 Å². The summed E-state index contributed by atoms with van der Waals surface area (Å²) < 4.78 is 10.9. The summed E-state index contributed by atoms with van der Waals surface area (Å²) in [5.74, 6) is 1.55. The summed E-state index contributed by atoms with van der Waals surface area (Å²) in [5, 5.41) is 0. The van der Waals surface area contributed by atoms with E-state index in [-0.39, 0.29) is 0 Å². The van der Waals surface area contributed by atoms with Gasteiger partial charge in [0.05, 0.1) is 13.4 Å². The third-order valence-electron chi connectivity index (χ3n) is 2.88. The van der Waals surface area contributed by atoms with Gasteiger partial charge < -0.3 is 8.85 Å². The van der Waals surface area contributed by atoms with Gasteiger partial charge in [-0.1, -0.05) is 6.42 Å². The minimum Gasteiger partial charge on any atom is -0.526 e. The van der Waals surface area contributed by atoms with Gasteiger partial charge in [-0.05, 0) is 49.3 Å². The van der Waals surface area contributed by atoms with Crippen molar-refractivity contribution in [3.05, 3.63) is 12.3 Å². The molecule has 3 heteroatoms. The van der Waals surface area contributed by atoms with E-state index >= 15 is 0 Å². The molecule has 78 valence electrons. The second kappa shape index (κ2) is 4.78. The van der Waals surface area contributed by atoms with Crippen molar-refractivity contribution in [2.75, 3.05) is 7.11 Å². The first kappa shape index (κ1) is 9.96. The molecule has 2 saturated carbocycles. The fourth-order valence-electron chi connectivity index (χ4n) is 1.46. The second-order valence-electron chi connectivity index (χ2n) is 4.16. The quantitative estimate of drug-likeness (QED) is 0.512. The van der Waals surface area contributed by atoms with Crippen LogP contribution in [0, 0.1) is 11.8 Å². The van der Waals surface area contributed by atoms with Crippen molar-refractivity contribution >= 4 is 14.6 Å². The summed E-state index contributed by atoms with van der Waals surface area (Å²) in [6.45, 7) is 0. The van der Waals surface area contributed by atoms with Crippen LogP contribution in [0.2, 0.25) is 0 Å². The molecule has 0 heterocycles. The highest BCUT2D eigenvalue weighted by Crippen LogP contribution is 2.27. The van der Waals surface area contributed by atoms with E-state index < -0.39 is 8.90 Å². The van der Waals surface area contributed by atoms with Crippen molar-refractivity contribution in [3.63, 3.8) is 0 Å². The van der Waals surface area contributed by atoms with Crippen LogP contribution in [0.1, 0.15) is 32.1 Å². The average molecular weight is 210 g/mol. The molecular weight excluding hydrogens is 192 g/mol. The molecule has 0 atom stereocenters. The van der Waals surface area contributed by atoms with Gasteiger partial charge in [-0.25, -0.2) is 0 Å². The molecule has 0 aromatic carbocycles. The molecule has 2 nitrogen and oxygen atoms in total. The summed E-state index contributed by atoms with van der Waals surface area (Å²) in [5.41, 5.74) is 2.26. The van der Waals surface area contributed by atoms with Gasteiger partial charge in [0.1, 0.15) is 0 Å². The predicted octanol–water partition coefficient (Wildman–Crippen LogP) is 2.25. The van der Waals surface area contributed by atoms with Crippen LogP contribution >= 0.6 is 0 Å². The molecule has 0 aromatic rings. The molecule has 0 aromatic heterocycles. The van der Waals surface area contributed by atoms with Crippen molar-refractivity contribution in [1.82, 2.24) is 0 Å². The lowest BCUT2D eigenvalue weighted by Crippen LogP contribution is -2.13. The molecule has 2 aliphatic carbocycles. The van der Waals surface area contributed by atoms with Gasteiger partial charge in [-0.15, -0.1) is 0 Å². The average Bonchev–Trinajstić information content (AvgIpc) is 2.90. The minimum atomic E-state index is -1.11. The Morgan fingerprint density at radius 1 is 1.14 bits per heavy atom. The van der Waals surface area contributed by atoms with E-state index in [2.05, 4.69) is 11.7 Å². The van der Waals surface area contributed by atoms with Gasteiger partial charge in [0.15, 0.2) is 0 Å². The maximum Gasteiger partial charge on any atom is 0.480 e. The third-order valence-corrected chi connectivity index (χ3v) is 4.39. The van der Waals surface area contributed by atoms with E-state index in [1.54, 1.807) is 7.11 Å². The van der Waals surface area contributed by atoms with Crippen LogP contribution in [0.4, 0.5) is 0 Å². The van der Waals surface area contributed by atoms with E-state index in [0.29, 0.717) is 0 Å². The molecular formula is C11H18O2Si. The molecule has 0 aliphatic heterocycles. The largest absolute Gasteiger partial charge is 0.526 e. The van der Waals surface area contributed by atoms with Crippen molar-refractivity contribution < 1.29 is 8.85 Å². The lowest BCUT2D eigenvalue weighted by Gasteiger charge is -2.20. The summed E-state index contributed by atoms with van der Waals surface area (Å²) in [6, 6.07) is 0. The van der Waals surface area contributed by atoms with E-state index in [1.807, 2.05) is 6.26 Å². The Labute approximate surface area is 87.4 Å². The highest BCUT2D eigenvalue weighted by molar-refractivity contribution is 6.54. The minimum absolute atomic E-state index is 0.774. The Hall–Kier alpha value is -0.573. The van der Waals surface area contributed by atoms with Gasteiger partial charge in [0, 0.05) is 0 Å². The summed E-state index contributed by atoms with van der Waals surface area (Å²) in [4.78, 5) is 0. The Kier molecular flexibility index (Phi) is 3.40. The fourth-order valence-corrected chi connectivity index (χ4v) is 2.70. The van der Waals surface area contributed by atoms with Crippen LogP contribution < -0.4 is 0 Å². The molecule has 0 bridgehead atoms. The van der Waals surface area contributed by atoms with Gasteiger partial charge in [0.25, 0.3) is 0 Å². The zero-order valence-corrected chi connectivity index (χ0v) is 9.74. The molecule has 0 spiro atoms. The SMILES string of the molecule is CO[Si](=CC1CC1)OC=CC1CCC1. The van der Waals surface area contributed by atoms with Crippen LogP contribution in [0.5, 0.6) is 0 Å².